The molecule has 0 saturated heterocycles. The highest BCUT2D eigenvalue weighted by Crippen LogP contribution is 2.14. The molecular formula is C44H89N3O5. The van der Waals surface area contributed by atoms with Crippen molar-refractivity contribution >= 4 is 11.9 Å². The Kier molecular flexibility index (Phi) is 40.0. The molecule has 0 aliphatic carbocycles. The van der Waals surface area contributed by atoms with Crippen molar-refractivity contribution in [1.29, 1.82) is 0 Å². The Hall–Kier alpha value is -1.22. The number of hydrogen-bond acceptors (Lipinski definition) is 8. The van der Waals surface area contributed by atoms with E-state index in [0.717, 1.165) is 129 Å². The van der Waals surface area contributed by atoms with E-state index in [0.29, 0.717) is 12.8 Å². The van der Waals surface area contributed by atoms with Crippen LogP contribution >= 0.6 is 0 Å². The zero-order valence-electron chi connectivity index (χ0n) is 35.3. The van der Waals surface area contributed by atoms with E-state index in [4.69, 9.17) is 9.68 Å². The summed E-state index contributed by atoms with van der Waals surface area (Å²) in [6.07, 6.45) is 35.6. The molecule has 52 heavy (non-hydrogen) atoms. The lowest BCUT2D eigenvalue weighted by atomic mass is 10.1. The lowest BCUT2D eigenvalue weighted by molar-refractivity contribution is -0.192. The van der Waals surface area contributed by atoms with E-state index < -0.39 is 0 Å². The van der Waals surface area contributed by atoms with Crippen LogP contribution in [0.3, 0.4) is 0 Å². The van der Waals surface area contributed by atoms with E-state index >= 15 is 0 Å². The molecule has 0 atom stereocenters. The van der Waals surface area contributed by atoms with E-state index in [9.17, 15) is 14.8 Å². The Labute approximate surface area is 323 Å². The van der Waals surface area contributed by atoms with Crippen LogP contribution in [0.15, 0.2) is 0 Å². The summed E-state index contributed by atoms with van der Waals surface area (Å²) < 4.78 is 0. The monoisotopic (exact) mass is 740 g/mol. The fraction of sp³-hybridized carbons (Fsp3) is 0.955. The second kappa shape index (κ2) is 41.0. The van der Waals surface area contributed by atoms with Gasteiger partial charge in [0.05, 0.1) is 0 Å². The van der Waals surface area contributed by atoms with Crippen molar-refractivity contribution in [2.24, 2.45) is 0 Å². The lowest BCUT2D eigenvalue weighted by Crippen LogP contribution is -2.29. The van der Waals surface area contributed by atoms with Crippen molar-refractivity contribution in [3.63, 3.8) is 0 Å². The second-order valence-electron chi connectivity index (χ2n) is 15.4. The van der Waals surface area contributed by atoms with Crippen molar-refractivity contribution in [3.8, 4) is 0 Å². The van der Waals surface area contributed by atoms with E-state index in [2.05, 4.69) is 27.7 Å². The number of rotatable bonds is 42. The zero-order valence-corrected chi connectivity index (χ0v) is 35.3. The molecule has 0 rings (SSSR count). The summed E-state index contributed by atoms with van der Waals surface area (Å²) in [6, 6.07) is 0. The minimum atomic E-state index is -0.0634. The first-order valence-corrected chi connectivity index (χ1v) is 22.8. The molecule has 0 aromatic rings. The molecule has 0 radical (unpaired) electrons. The molecule has 310 valence electrons. The summed E-state index contributed by atoms with van der Waals surface area (Å²) in [5.41, 5.74) is 0. The van der Waals surface area contributed by atoms with Crippen LogP contribution < -0.4 is 0 Å². The van der Waals surface area contributed by atoms with Crippen LogP contribution in [0.1, 0.15) is 233 Å². The molecule has 0 fully saturated rings. The number of hydroxylamine groups is 6. The van der Waals surface area contributed by atoms with Gasteiger partial charge in [0.25, 0.3) is 0 Å². The number of hydrogen-bond donors (Lipinski definition) is 1. The molecular weight excluding hydrogens is 650 g/mol. The van der Waals surface area contributed by atoms with E-state index in [1.807, 2.05) is 10.1 Å². The Bertz CT molecular complexity index is 671. The average Bonchev–Trinajstić information content (AvgIpc) is 3.13. The largest absolute Gasteiger partial charge is 0.368 e. The van der Waals surface area contributed by atoms with Crippen LogP contribution in [-0.4, -0.2) is 71.6 Å². The van der Waals surface area contributed by atoms with E-state index in [1.54, 1.807) is 0 Å². The van der Waals surface area contributed by atoms with Crippen molar-refractivity contribution in [2.45, 2.75) is 233 Å². The molecule has 8 nitrogen and oxygen atoms in total. The number of carbonyl (C=O) groups is 2. The van der Waals surface area contributed by atoms with Gasteiger partial charge in [-0.15, -0.1) is 10.1 Å². The fourth-order valence-electron chi connectivity index (χ4n) is 6.65. The standard InChI is InChI=1S/C44H89N3O5/c1-5-9-13-31-39-46(40-32-14-10-6-2)51-43(48)35-27-23-19-17-21-25-29-37-45(50)38-30-26-22-18-20-24-28-36-44(49)52-47(41-33-15-11-7-3)42-34-16-12-8-4/h50H,5-42H2,1-4H3. The average molecular weight is 740 g/mol. The first-order valence-electron chi connectivity index (χ1n) is 22.8. The van der Waals surface area contributed by atoms with Gasteiger partial charge >= 0.3 is 11.9 Å². The quantitative estimate of drug-likeness (QED) is 0.0489. The smallest absolute Gasteiger partial charge is 0.325 e. The van der Waals surface area contributed by atoms with Crippen molar-refractivity contribution < 1.29 is 24.5 Å². The normalized spacial score (nSPS) is 11.7. The predicted molar refractivity (Wildman–Crippen MR) is 219 cm³/mol. The van der Waals surface area contributed by atoms with Crippen LogP contribution in [0.25, 0.3) is 0 Å². The third kappa shape index (κ3) is 37.1. The molecule has 0 spiro atoms. The topological polar surface area (TPSA) is 82.6 Å². The summed E-state index contributed by atoms with van der Waals surface area (Å²) in [5, 5.41) is 15.6. The maximum Gasteiger partial charge on any atom is 0.325 e. The summed E-state index contributed by atoms with van der Waals surface area (Å²) >= 11 is 0. The number of unbranched alkanes of at least 4 members (excludes halogenated alkanes) is 24. The summed E-state index contributed by atoms with van der Waals surface area (Å²) in [6.45, 7) is 13.9. The summed E-state index contributed by atoms with van der Waals surface area (Å²) in [7, 11) is 0. The van der Waals surface area contributed by atoms with E-state index in [1.165, 1.54) is 108 Å². The van der Waals surface area contributed by atoms with Crippen LogP contribution in [0, 0.1) is 0 Å². The summed E-state index contributed by atoms with van der Waals surface area (Å²) in [4.78, 5) is 36.4. The first kappa shape index (κ1) is 50.8. The molecule has 0 aliphatic rings. The van der Waals surface area contributed by atoms with E-state index in [-0.39, 0.29) is 11.9 Å². The minimum absolute atomic E-state index is 0.0634. The third-order valence-electron chi connectivity index (χ3n) is 10.1. The van der Waals surface area contributed by atoms with Gasteiger partial charge in [-0.3, -0.25) is 9.59 Å². The van der Waals surface area contributed by atoms with Gasteiger partial charge in [0.2, 0.25) is 0 Å². The molecule has 0 aromatic carbocycles. The Morgan fingerprint density at radius 3 is 0.865 bits per heavy atom. The fourth-order valence-corrected chi connectivity index (χ4v) is 6.65. The van der Waals surface area contributed by atoms with Gasteiger partial charge in [0.15, 0.2) is 0 Å². The molecule has 0 heterocycles. The molecule has 0 unspecified atom stereocenters. The van der Waals surface area contributed by atoms with Gasteiger partial charge in [-0.05, 0) is 51.4 Å². The minimum Gasteiger partial charge on any atom is -0.368 e. The Morgan fingerprint density at radius 2 is 0.577 bits per heavy atom. The van der Waals surface area contributed by atoms with Gasteiger partial charge < -0.3 is 14.9 Å². The van der Waals surface area contributed by atoms with Gasteiger partial charge in [-0.2, -0.15) is 5.06 Å². The van der Waals surface area contributed by atoms with Crippen LogP contribution in [0.5, 0.6) is 0 Å². The molecule has 0 aromatic heterocycles. The van der Waals surface area contributed by atoms with Gasteiger partial charge in [0.1, 0.15) is 0 Å². The molecule has 1 N–H and O–H groups in total. The van der Waals surface area contributed by atoms with Crippen LogP contribution in [0.4, 0.5) is 0 Å². The maximum atomic E-state index is 12.4. The SMILES string of the molecule is CCCCCCN(CCCCCC)OC(=O)CCCCCCCCCN(O)CCCCCCCCCC(=O)ON(CCCCCC)CCCCCC. The predicted octanol–water partition coefficient (Wildman–Crippen LogP) is 12.8. The zero-order chi connectivity index (χ0) is 38.2. The molecule has 0 amide bonds. The van der Waals surface area contributed by atoms with Crippen molar-refractivity contribution in [2.75, 3.05) is 39.3 Å². The van der Waals surface area contributed by atoms with Crippen molar-refractivity contribution in [1.82, 2.24) is 15.2 Å². The molecule has 0 saturated carbocycles. The maximum absolute atomic E-state index is 12.4. The molecule has 0 aliphatic heterocycles. The second-order valence-corrected chi connectivity index (χ2v) is 15.4. The highest BCUT2D eigenvalue weighted by molar-refractivity contribution is 5.69. The van der Waals surface area contributed by atoms with Crippen molar-refractivity contribution in [3.05, 3.63) is 0 Å². The Morgan fingerprint density at radius 1 is 0.346 bits per heavy atom. The van der Waals surface area contributed by atoms with Gasteiger partial charge in [-0.1, -0.05) is 169 Å². The highest BCUT2D eigenvalue weighted by Gasteiger charge is 2.13. The number of nitrogens with zero attached hydrogens (tertiary/aromatic N) is 3. The van der Waals surface area contributed by atoms with Gasteiger partial charge in [-0.25, -0.2) is 0 Å². The molecule has 8 heteroatoms. The first-order chi connectivity index (χ1) is 25.5. The lowest BCUT2D eigenvalue weighted by Gasteiger charge is -2.21. The third-order valence-corrected chi connectivity index (χ3v) is 10.1. The summed E-state index contributed by atoms with van der Waals surface area (Å²) in [5.74, 6) is -0.127. The highest BCUT2D eigenvalue weighted by atomic mass is 16.7. The molecule has 0 bridgehead atoms. The van der Waals surface area contributed by atoms with Crippen LogP contribution in [-0.2, 0) is 19.3 Å². The number of carbonyl (C=O) groups excluding carboxylic acids is 2. The van der Waals surface area contributed by atoms with Crippen LogP contribution in [0.2, 0.25) is 0 Å². The Balaban J connectivity index is 3.75. The van der Waals surface area contributed by atoms with Gasteiger partial charge in [0, 0.05) is 52.1 Å².